The molecule has 1 aliphatic heterocycles. The van der Waals surface area contributed by atoms with Crippen molar-refractivity contribution in [2.75, 3.05) is 13.2 Å². The molecule has 8 atom stereocenters. The Balaban J connectivity index is 2.63. The highest BCUT2D eigenvalue weighted by Crippen LogP contribution is 2.26. The fraction of sp³-hybridized carbons (Fsp3) is 0.806. The van der Waals surface area contributed by atoms with Gasteiger partial charge in [-0.25, -0.2) is 0 Å². The number of nitrogens with one attached hydrogen (secondary N) is 1. The van der Waals surface area contributed by atoms with Crippen LogP contribution in [0.3, 0.4) is 0 Å². The second kappa shape index (κ2) is 59.4. The average Bonchev–Trinajstić information content (AvgIpc) is 3.58. The van der Waals surface area contributed by atoms with Crippen molar-refractivity contribution in [3.63, 3.8) is 0 Å². The largest absolute Gasteiger partial charge is 0.454 e. The summed E-state index contributed by atoms with van der Waals surface area (Å²) in [5, 5.41) is 57.2. The molecule has 0 bridgehead atoms. The van der Waals surface area contributed by atoms with Crippen molar-refractivity contribution in [3.05, 3.63) is 72.9 Å². The molecule has 0 aromatic rings. The molecular weight excluding hydrogens is 1040 g/mol. The molecule has 482 valence electrons. The Morgan fingerprint density at radius 3 is 1.28 bits per heavy atom. The highest BCUT2D eigenvalue weighted by molar-refractivity contribution is 5.80. The summed E-state index contributed by atoms with van der Waals surface area (Å²) in [7, 11) is 0. The lowest BCUT2D eigenvalue weighted by Gasteiger charge is -2.41. The van der Waals surface area contributed by atoms with E-state index in [1.54, 1.807) is 6.08 Å². The van der Waals surface area contributed by atoms with Crippen molar-refractivity contribution in [1.82, 2.24) is 5.32 Å². The Labute approximate surface area is 509 Å². The van der Waals surface area contributed by atoms with Gasteiger partial charge in [0.1, 0.15) is 24.4 Å². The Kier molecular flexibility index (Phi) is 55.9. The molecule has 0 aliphatic carbocycles. The lowest BCUT2D eigenvalue weighted by Crippen LogP contribution is -2.61. The van der Waals surface area contributed by atoms with Gasteiger partial charge in [-0.05, 0) is 89.9 Å². The Morgan fingerprint density at radius 2 is 0.831 bits per heavy atom. The number of amides is 1. The van der Waals surface area contributed by atoms with Gasteiger partial charge in [0.05, 0.1) is 25.4 Å². The van der Waals surface area contributed by atoms with E-state index in [1.165, 1.54) is 193 Å². The second-order valence-electron chi connectivity index (χ2n) is 23.9. The third-order valence-electron chi connectivity index (χ3n) is 16.1. The third-order valence-corrected chi connectivity index (χ3v) is 16.1. The molecule has 0 spiro atoms. The van der Waals surface area contributed by atoms with E-state index >= 15 is 0 Å². The highest BCUT2D eigenvalue weighted by atomic mass is 16.7. The molecule has 83 heavy (non-hydrogen) atoms. The van der Waals surface area contributed by atoms with Gasteiger partial charge in [-0.2, -0.15) is 0 Å². The minimum absolute atomic E-state index is 0.0467. The molecule has 0 saturated carbocycles. The van der Waals surface area contributed by atoms with Crippen molar-refractivity contribution in [2.45, 2.75) is 359 Å². The minimum atomic E-state index is -1.64. The molecule has 1 aliphatic rings. The summed E-state index contributed by atoms with van der Waals surface area (Å²) >= 11 is 0. The van der Waals surface area contributed by atoms with Gasteiger partial charge in [0.2, 0.25) is 5.91 Å². The van der Waals surface area contributed by atoms with Gasteiger partial charge < -0.3 is 45.1 Å². The Hall–Kier alpha value is -2.90. The normalized spacial score (nSPS) is 19.0. The maximum Gasteiger partial charge on any atom is 0.306 e. The van der Waals surface area contributed by atoms with Crippen LogP contribution in [-0.4, -0.2) is 99.6 Å². The zero-order valence-electron chi connectivity index (χ0n) is 53.6. The number of hydrogen-bond donors (Lipinski definition) is 6. The number of aliphatic hydroxyl groups is 5. The van der Waals surface area contributed by atoms with Crippen molar-refractivity contribution in [3.8, 4) is 0 Å². The number of esters is 1. The number of allylic oxidation sites excluding steroid dienone is 11. The van der Waals surface area contributed by atoms with Crippen molar-refractivity contribution < 1.29 is 49.3 Å². The molecule has 0 radical (unpaired) electrons. The predicted octanol–water partition coefficient (Wildman–Crippen LogP) is 17.5. The summed E-state index contributed by atoms with van der Waals surface area (Å²) in [6, 6.07) is -1.04. The van der Waals surface area contributed by atoms with Crippen LogP contribution in [0.1, 0.15) is 310 Å². The smallest absolute Gasteiger partial charge is 0.306 e. The van der Waals surface area contributed by atoms with Crippen molar-refractivity contribution in [2.24, 2.45) is 0 Å². The molecule has 0 aromatic heterocycles. The fourth-order valence-electron chi connectivity index (χ4n) is 10.6. The summed E-state index contributed by atoms with van der Waals surface area (Å²) in [6.45, 7) is 5.76. The first-order chi connectivity index (χ1) is 40.7. The summed E-state index contributed by atoms with van der Waals surface area (Å²) in [5.74, 6) is -1.25. The number of hydrogen-bond acceptors (Lipinski definition) is 10. The fourth-order valence-corrected chi connectivity index (χ4v) is 10.6. The van der Waals surface area contributed by atoms with Crippen LogP contribution >= 0.6 is 0 Å². The van der Waals surface area contributed by atoms with Crippen LogP contribution in [0.15, 0.2) is 72.9 Å². The van der Waals surface area contributed by atoms with Crippen LogP contribution in [-0.2, 0) is 23.8 Å². The summed E-state index contributed by atoms with van der Waals surface area (Å²) in [5.41, 5.74) is 0. The Bertz CT molecular complexity index is 1630. The van der Waals surface area contributed by atoms with Crippen molar-refractivity contribution in [1.29, 1.82) is 0 Å². The number of ether oxygens (including phenoxy) is 3. The third kappa shape index (κ3) is 46.9. The Morgan fingerprint density at radius 1 is 0.470 bits per heavy atom. The van der Waals surface area contributed by atoms with E-state index in [9.17, 15) is 35.1 Å². The molecule has 1 heterocycles. The molecule has 1 saturated heterocycles. The summed E-state index contributed by atoms with van der Waals surface area (Å²) in [6.07, 6.45) is 66.6. The molecular formula is C72H129NO10. The molecule has 11 nitrogen and oxygen atoms in total. The van der Waals surface area contributed by atoms with Gasteiger partial charge in [0.25, 0.3) is 0 Å². The van der Waals surface area contributed by atoms with E-state index in [1.807, 2.05) is 12.2 Å². The molecule has 1 rings (SSSR count). The van der Waals surface area contributed by atoms with E-state index in [2.05, 4.69) is 80.8 Å². The molecule has 1 amide bonds. The van der Waals surface area contributed by atoms with E-state index < -0.39 is 67.4 Å². The monoisotopic (exact) mass is 1170 g/mol. The van der Waals surface area contributed by atoms with E-state index in [4.69, 9.17) is 14.2 Å². The van der Waals surface area contributed by atoms with E-state index in [0.29, 0.717) is 19.3 Å². The molecule has 0 aromatic carbocycles. The SMILES string of the molecule is CCCCC/C=C\C/C=C\C/C=C\C/C=C\CCCC(=O)OC1C(OCC(NC(=O)C(O)CCCCCCCCCCCCCCCC/C=C/CCCCCCCC)C(O)/C=C/CCCCCCCCCCCCC)OC(CO)C(O)C1O. The minimum Gasteiger partial charge on any atom is -0.454 e. The van der Waals surface area contributed by atoms with Crippen LogP contribution < -0.4 is 5.32 Å². The van der Waals surface area contributed by atoms with Crippen LogP contribution in [0.4, 0.5) is 0 Å². The predicted molar refractivity (Wildman–Crippen MR) is 347 cm³/mol. The average molecular weight is 1170 g/mol. The molecule has 1 fully saturated rings. The van der Waals surface area contributed by atoms with Crippen LogP contribution in [0.25, 0.3) is 0 Å². The quantitative estimate of drug-likeness (QED) is 0.0195. The first kappa shape index (κ1) is 78.1. The number of carbonyl (C=O) groups is 2. The standard InChI is InChI=1S/C72H129NO10/c1-4-7-10-13-16-19-22-25-27-29-30-31-32-33-34-35-37-38-41-44-47-50-53-56-59-65(76)71(80)73-63(64(75)58-55-52-49-46-43-40-24-21-18-15-12-9-6-3)62-81-72-70(69(79)68(78)66(61-74)82-72)83-67(77)60-57-54-51-48-45-42-39-36-28-26-23-20-17-14-11-8-5-2/h17,20,25-28,39,42,48,51,55,58,63-66,68-70,72,74-76,78-79H,4-16,18-19,21-24,29-38,40-41,43-47,49-50,52-54,56-57,59-62H2,1-3H3,(H,73,80)/b20-17-,27-25+,28-26-,42-39-,51-48-,58-55+. The van der Waals surface area contributed by atoms with Gasteiger partial charge in [-0.15, -0.1) is 0 Å². The van der Waals surface area contributed by atoms with Gasteiger partial charge in [0.15, 0.2) is 12.4 Å². The first-order valence-electron chi connectivity index (χ1n) is 34.7. The van der Waals surface area contributed by atoms with Gasteiger partial charge in [-0.1, -0.05) is 286 Å². The summed E-state index contributed by atoms with van der Waals surface area (Å²) in [4.78, 5) is 26.6. The maximum atomic E-state index is 13.5. The summed E-state index contributed by atoms with van der Waals surface area (Å²) < 4.78 is 17.6. The first-order valence-corrected chi connectivity index (χ1v) is 34.7. The number of aliphatic hydroxyl groups excluding tert-OH is 5. The van der Waals surface area contributed by atoms with Gasteiger partial charge in [-0.3, -0.25) is 9.59 Å². The number of carbonyl (C=O) groups excluding carboxylic acids is 2. The van der Waals surface area contributed by atoms with Crippen LogP contribution in [0.2, 0.25) is 0 Å². The lowest BCUT2D eigenvalue weighted by molar-refractivity contribution is -0.305. The van der Waals surface area contributed by atoms with Gasteiger partial charge >= 0.3 is 5.97 Å². The maximum absolute atomic E-state index is 13.5. The van der Waals surface area contributed by atoms with Gasteiger partial charge in [0, 0.05) is 6.42 Å². The zero-order chi connectivity index (χ0) is 60.3. The van der Waals surface area contributed by atoms with Crippen LogP contribution in [0, 0.1) is 0 Å². The highest BCUT2D eigenvalue weighted by Gasteiger charge is 2.47. The topological polar surface area (TPSA) is 175 Å². The lowest BCUT2D eigenvalue weighted by atomic mass is 9.99. The number of unbranched alkanes of at least 4 members (excludes halogenated alkanes) is 35. The molecule has 8 unspecified atom stereocenters. The zero-order valence-corrected chi connectivity index (χ0v) is 53.6. The second-order valence-corrected chi connectivity index (χ2v) is 23.9. The van der Waals surface area contributed by atoms with E-state index in [-0.39, 0.29) is 19.4 Å². The molecule has 6 N–H and O–H groups in total. The number of rotatable bonds is 59. The van der Waals surface area contributed by atoms with E-state index in [0.717, 1.165) is 64.2 Å². The molecule has 11 heteroatoms. The van der Waals surface area contributed by atoms with Crippen molar-refractivity contribution >= 4 is 11.9 Å². The van der Waals surface area contributed by atoms with Crippen LogP contribution in [0.5, 0.6) is 0 Å².